The van der Waals surface area contributed by atoms with Gasteiger partial charge in [0.2, 0.25) is 5.91 Å². The Morgan fingerprint density at radius 3 is 2.49 bits per heavy atom. The van der Waals surface area contributed by atoms with Gasteiger partial charge in [0.05, 0.1) is 33.4 Å². The summed E-state index contributed by atoms with van der Waals surface area (Å²) < 4.78 is 11.7. The van der Waals surface area contributed by atoms with Crippen LogP contribution in [0.1, 0.15) is 58.9 Å². The number of anilines is 2. The quantitative estimate of drug-likeness (QED) is 0.196. The molecule has 1 amide bonds. The molecule has 9 heteroatoms. The molecule has 2 heterocycles. The van der Waals surface area contributed by atoms with Crippen LogP contribution in [-0.2, 0) is 20.7 Å². The molecule has 0 saturated carbocycles. The SMILES string of the molecule is CC(C)CC(C)(C)C(=O)OCN1C(=O)CCc2ccc(OCCCCN3CCN(c4cccc(Cl)c4Cl)CC3)cc21. The Kier molecular flexibility index (Phi) is 10.8. The number of unbranched alkanes of at least 4 members (excludes halogenated alkanes) is 1. The fraction of sp³-hybridized carbons (Fsp3) is 0.562. The predicted octanol–water partition coefficient (Wildman–Crippen LogP) is 6.83. The van der Waals surface area contributed by atoms with Crippen molar-refractivity contribution in [2.45, 2.75) is 59.8 Å². The molecule has 2 aromatic carbocycles. The Morgan fingerprint density at radius 1 is 1.00 bits per heavy atom. The van der Waals surface area contributed by atoms with Gasteiger partial charge in [-0.1, -0.05) is 49.2 Å². The number of rotatable bonds is 12. The van der Waals surface area contributed by atoms with Crippen molar-refractivity contribution >= 4 is 46.5 Å². The zero-order chi connectivity index (χ0) is 29.6. The normalized spacial score (nSPS) is 16.2. The van der Waals surface area contributed by atoms with Crippen LogP contribution < -0.4 is 14.5 Å². The van der Waals surface area contributed by atoms with E-state index in [-0.39, 0.29) is 18.6 Å². The van der Waals surface area contributed by atoms with Gasteiger partial charge in [-0.3, -0.25) is 19.4 Å². The van der Waals surface area contributed by atoms with E-state index in [4.69, 9.17) is 32.7 Å². The summed E-state index contributed by atoms with van der Waals surface area (Å²) in [6.45, 7) is 13.3. The Labute approximate surface area is 254 Å². The van der Waals surface area contributed by atoms with E-state index in [2.05, 4.69) is 23.6 Å². The molecule has 0 aliphatic carbocycles. The molecule has 0 aromatic heterocycles. The minimum Gasteiger partial charge on any atom is -0.494 e. The topological polar surface area (TPSA) is 62.3 Å². The number of piperazine rings is 1. The molecule has 0 N–H and O–H groups in total. The second kappa shape index (κ2) is 14.1. The molecule has 0 radical (unpaired) electrons. The van der Waals surface area contributed by atoms with Crippen LogP contribution in [0.25, 0.3) is 0 Å². The van der Waals surface area contributed by atoms with Crippen molar-refractivity contribution in [3.8, 4) is 5.75 Å². The molecule has 7 nitrogen and oxygen atoms in total. The van der Waals surface area contributed by atoms with E-state index in [9.17, 15) is 9.59 Å². The lowest BCUT2D eigenvalue weighted by Crippen LogP contribution is -2.46. The highest BCUT2D eigenvalue weighted by Gasteiger charge is 2.32. The number of carbonyl (C=O) groups excluding carboxylic acids is 2. The van der Waals surface area contributed by atoms with Crippen molar-refractivity contribution in [1.29, 1.82) is 0 Å². The third kappa shape index (κ3) is 8.30. The van der Waals surface area contributed by atoms with Gasteiger partial charge in [0.1, 0.15) is 5.75 Å². The lowest BCUT2D eigenvalue weighted by atomic mass is 9.84. The summed E-state index contributed by atoms with van der Waals surface area (Å²) in [5.41, 5.74) is 2.24. The fourth-order valence-electron chi connectivity index (χ4n) is 5.75. The number of hydrogen-bond acceptors (Lipinski definition) is 6. The number of carbonyl (C=O) groups is 2. The summed E-state index contributed by atoms with van der Waals surface area (Å²) in [5.74, 6) is 0.774. The van der Waals surface area contributed by atoms with E-state index >= 15 is 0 Å². The van der Waals surface area contributed by atoms with Crippen LogP contribution >= 0.6 is 23.2 Å². The summed E-state index contributed by atoms with van der Waals surface area (Å²) in [6, 6.07) is 11.7. The number of aryl methyl sites for hydroxylation is 1. The zero-order valence-electron chi connectivity index (χ0n) is 24.8. The average Bonchev–Trinajstić information content (AvgIpc) is 2.93. The predicted molar refractivity (Wildman–Crippen MR) is 166 cm³/mol. The molecule has 4 rings (SSSR count). The number of fused-ring (bicyclic) bond motifs is 1. The smallest absolute Gasteiger partial charge is 0.313 e. The van der Waals surface area contributed by atoms with Gasteiger partial charge in [-0.2, -0.15) is 0 Å². The van der Waals surface area contributed by atoms with E-state index in [1.807, 2.05) is 50.2 Å². The van der Waals surface area contributed by atoms with Crippen LogP contribution in [0.2, 0.25) is 10.0 Å². The number of esters is 1. The summed E-state index contributed by atoms with van der Waals surface area (Å²) in [6.07, 6.45) is 3.77. The second-order valence-corrected chi connectivity index (χ2v) is 12.9. The maximum atomic E-state index is 12.8. The number of halogens is 2. The first-order valence-corrected chi connectivity index (χ1v) is 15.5. The van der Waals surface area contributed by atoms with Crippen LogP contribution in [-0.4, -0.2) is 62.8 Å². The van der Waals surface area contributed by atoms with E-state index in [0.717, 1.165) is 74.7 Å². The Balaban J connectivity index is 1.22. The largest absolute Gasteiger partial charge is 0.494 e. The molecular weight excluding hydrogens is 561 g/mol. The van der Waals surface area contributed by atoms with Crippen molar-refractivity contribution < 1.29 is 19.1 Å². The first-order chi connectivity index (χ1) is 19.5. The summed E-state index contributed by atoms with van der Waals surface area (Å²) in [7, 11) is 0. The molecule has 2 aliphatic rings. The molecule has 0 atom stereocenters. The monoisotopic (exact) mass is 603 g/mol. The number of amides is 1. The van der Waals surface area contributed by atoms with Crippen molar-refractivity contribution in [2.75, 3.05) is 55.9 Å². The fourth-order valence-corrected chi connectivity index (χ4v) is 6.16. The van der Waals surface area contributed by atoms with Gasteiger partial charge in [-0.15, -0.1) is 0 Å². The van der Waals surface area contributed by atoms with Crippen LogP contribution in [0.15, 0.2) is 36.4 Å². The highest BCUT2D eigenvalue weighted by atomic mass is 35.5. The van der Waals surface area contributed by atoms with Gasteiger partial charge in [0.25, 0.3) is 0 Å². The Morgan fingerprint density at radius 2 is 1.76 bits per heavy atom. The van der Waals surface area contributed by atoms with Crippen LogP contribution in [0.3, 0.4) is 0 Å². The lowest BCUT2D eigenvalue weighted by Gasteiger charge is -2.36. The summed E-state index contributed by atoms with van der Waals surface area (Å²) in [4.78, 5) is 31.9. The Hall–Kier alpha value is -2.48. The van der Waals surface area contributed by atoms with Gasteiger partial charge >= 0.3 is 5.97 Å². The van der Waals surface area contributed by atoms with Crippen LogP contribution in [0, 0.1) is 11.3 Å². The maximum absolute atomic E-state index is 12.8. The van der Waals surface area contributed by atoms with Crippen molar-refractivity contribution in [3.63, 3.8) is 0 Å². The molecule has 2 aliphatic heterocycles. The van der Waals surface area contributed by atoms with E-state index < -0.39 is 5.41 Å². The molecular formula is C32H43Cl2N3O4. The molecule has 0 bridgehead atoms. The third-order valence-corrected chi connectivity index (χ3v) is 8.64. The standard InChI is InChI=1S/C32H43Cl2N3O4/c1-23(2)21-32(3,4)31(39)41-22-37-28-20-25(12-10-24(28)11-13-29(37)38)40-19-6-5-14-35-15-17-36(18-16-35)27-9-7-8-26(33)30(27)34/h7-10,12,20,23H,5-6,11,13-19,21-22H2,1-4H3. The van der Waals surface area contributed by atoms with E-state index in [1.54, 1.807) is 4.90 Å². The number of hydrogen-bond donors (Lipinski definition) is 0. The van der Waals surface area contributed by atoms with Gasteiger partial charge in [0, 0.05) is 38.7 Å². The summed E-state index contributed by atoms with van der Waals surface area (Å²) in [5, 5.41) is 1.22. The van der Waals surface area contributed by atoms with Crippen molar-refractivity contribution in [2.24, 2.45) is 11.3 Å². The number of benzene rings is 2. The lowest BCUT2D eigenvalue weighted by molar-refractivity contribution is -0.155. The third-order valence-electron chi connectivity index (χ3n) is 7.83. The van der Waals surface area contributed by atoms with Crippen LogP contribution in [0.5, 0.6) is 5.75 Å². The minimum absolute atomic E-state index is 0.0400. The zero-order valence-corrected chi connectivity index (χ0v) is 26.3. The maximum Gasteiger partial charge on any atom is 0.313 e. The average molecular weight is 605 g/mol. The molecule has 224 valence electrons. The number of ether oxygens (including phenoxy) is 2. The molecule has 0 spiro atoms. The molecule has 41 heavy (non-hydrogen) atoms. The minimum atomic E-state index is -0.599. The van der Waals surface area contributed by atoms with Crippen molar-refractivity contribution in [1.82, 2.24) is 4.90 Å². The highest BCUT2D eigenvalue weighted by molar-refractivity contribution is 6.43. The van der Waals surface area contributed by atoms with Crippen molar-refractivity contribution in [3.05, 3.63) is 52.0 Å². The van der Waals surface area contributed by atoms with Crippen LogP contribution in [0.4, 0.5) is 11.4 Å². The molecule has 0 unspecified atom stereocenters. The second-order valence-electron chi connectivity index (χ2n) is 12.1. The Bertz CT molecular complexity index is 1210. The van der Waals surface area contributed by atoms with Gasteiger partial charge < -0.3 is 14.4 Å². The first-order valence-electron chi connectivity index (χ1n) is 14.7. The molecule has 1 saturated heterocycles. The van der Waals surface area contributed by atoms with E-state index in [1.165, 1.54) is 0 Å². The van der Waals surface area contributed by atoms with Gasteiger partial charge in [-0.05, 0) is 75.8 Å². The molecule has 1 fully saturated rings. The van der Waals surface area contributed by atoms with Gasteiger partial charge in [-0.25, -0.2) is 0 Å². The first kappa shape index (κ1) is 31.5. The van der Waals surface area contributed by atoms with Gasteiger partial charge in [0.15, 0.2) is 6.73 Å². The highest BCUT2D eigenvalue weighted by Crippen LogP contribution is 2.34. The number of nitrogens with zero attached hydrogens (tertiary/aromatic N) is 3. The molecule has 2 aromatic rings. The summed E-state index contributed by atoms with van der Waals surface area (Å²) >= 11 is 12.6. The van der Waals surface area contributed by atoms with E-state index in [0.29, 0.717) is 35.4 Å².